The van der Waals surface area contributed by atoms with E-state index in [4.69, 9.17) is 5.73 Å². The van der Waals surface area contributed by atoms with Gasteiger partial charge in [-0.15, -0.1) is 0 Å². The van der Waals surface area contributed by atoms with Gasteiger partial charge >= 0.3 is 0 Å². The molecule has 0 radical (unpaired) electrons. The molecule has 96 valence electrons. The van der Waals surface area contributed by atoms with E-state index in [1.807, 2.05) is 6.92 Å². The van der Waals surface area contributed by atoms with Gasteiger partial charge in [0, 0.05) is 6.20 Å². The van der Waals surface area contributed by atoms with E-state index in [0.29, 0.717) is 11.4 Å². The fraction of sp³-hybridized carbons (Fsp3) is 0.200. The van der Waals surface area contributed by atoms with Gasteiger partial charge in [-0.1, -0.05) is 11.3 Å². The summed E-state index contributed by atoms with van der Waals surface area (Å²) in [5.74, 6) is 0. The van der Waals surface area contributed by atoms with E-state index in [1.54, 1.807) is 19.2 Å². The number of rotatable bonds is 3. The number of nitrogen functional groups attached to an aromatic ring is 1. The molecule has 0 fully saturated rings. The first-order valence-electron chi connectivity index (χ1n) is 5.06. The Morgan fingerprint density at radius 2 is 2.06 bits per heavy atom. The molecule has 0 unspecified atom stereocenters. The Kier molecular flexibility index (Phi) is 3.22. The maximum Gasteiger partial charge on any atom is 0.273 e. The predicted octanol–water partition coefficient (Wildman–Crippen LogP) is 1.54. The number of hydrogen-bond donors (Lipinski definition) is 2. The number of anilines is 2. The van der Waals surface area contributed by atoms with Crippen LogP contribution >= 0.6 is 11.3 Å². The van der Waals surface area contributed by atoms with Crippen LogP contribution in [0.1, 0.15) is 11.3 Å². The summed E-state index contributed by atoms with van der Waals surface area (Å²) < 4.78 is 26.8. The predicted molar refractivity (Wildman–Crippen MR) is 71.0 cm³/mol. The Labute approximate surface area is 109 Å². The molecular weight excluding hydrogens is 272 g/mol. The van der Waals surface area contributed by atoms with Gasteiger partial charge in [-0.05, 0) is 25.5 Å². The van der Waals surface area contributed by atoms with Gasteiger partial charge in [0.1, 0.15) is 0 Å². The topological polar surface area (TPSA) is 98.0 Å². The number of aromatic nitrogens is 2. The third-order valence-corrected chi connectivity index (χ3v) is 5.12. The summed E-state index contributed by atoms with van der Waals surface area (Å²) in [4.78, 5) is 7.82. The van der Waals surface area contributed by atoms with Gasteiger partial charge < -0.3 is 5.73 Å². The van der Waals surface area contributed by atoms with Crippen LogP contribution in [-0.4, -0.2) is 18.4 Å². The van der Waals surface area contributed by atoms with Crippen molar-refractivity contribution in [3.63, 3.8) is 0 Å². The first kappa shape index (κ1) is 12.8. The van der Waals surface area contributed by atoms with Crippen LogP contribution in [-0.2, 0) is 10.0 Å². The molecule has 3 N–H and O–H groups in total. The second-order valence-corrected chi connectivity index (χ2v) is 6.69. The van der Waals surface area contributed by atoms with Crippen LogP contribution in [0.5, 0.6) is 0 Å². The minimum atomic E-state index is -3.65. The van der Waals surface area contributed by atoms with Gasteiger partial charge in [-0.25, -0.2) is 13.4 Å². The Morgan fingerprint density at radius 1 is 1.33 bits per heavy atom. The van der Waals surface area contributed by atoms with Crippen molar-refractivity contribution in [2.75, 3.05) is 10.5 Å². The van der Waals surface area contributed by atoms with Gasteiger partial charge in [-0.2, -0.15) is 0 Å². The highest BCUT2D eigenvalue weighted by molar-refractivity contribution is 7.94. The van der Waals surface area contributed by atoms with Crippen molar-refractivity contribution < 1.29 is 8.42 Å². The number of pyridine rings is 1. The Balaban J connectivity index is 2.36. The molecule has 0 aliphatic rings. The second-order valence-electron chi connectivity index (χ2n) is 3.78. The van der Waals surface area contributed by atoms with Crippen molar-refractivity contribution in [2.24, 2.45) is 0 Å². The van der Waals surface area contributed by atoms with Crippen LogP contribution in [0.4, 0.5) is 10.8 Å². The minimum absolute atomic E-state index is 0.126. The summed E-state index contributed by atoms with van der Waals surface area (Å²) in [6, 6.07) is 1.70. The van der Waals surface area contributed by atoms with Crippen LogP contribution in [0, 0.1) is 13.8 Å². The van der Waals surface area contributed by atoms with E-state index >= 15 is 0 Å². The highest BCUT2D eigenvalue weighted by Gasteiger charge is 2.21. The SMILES string of the molecule is Cc1cncc(NS(=O)(=O)c2sc(N)nc2C)c1. The van der Waals surface area contributed by atoms with E-state index in [1.165, 1.54) is 6.20 Å². The zero-order valence-corrected chi connectivity index (χ0v) is 11.5. The molecule has 6 nitrogen and oxygen atoms in total. The lowest BCUT2D eigenvalue weighted by Gasteiger charge is -2.06. The number of aryl methyl sites for hydroxylation is 2. The number of nitrogens with zero attached hydrogens (tertiary/aromatic N) is 2. The van der Waals surface area contributed by atoms with Gasteiger partial charge in [0.25, 0.3) is 10.0 Å². The number of nitrogens with two attached hydrogens (primary N) is 1. The van der Waals surface area contributed by atoms with E-state index < -0.39 is 10.0 Å². The molecule has 0 saturated carbocycles. The molecule has 2 aromatic heterocycles. The third kappa shape index (κ3) is 2.59. The van der Waals surface area contributed by atoms with Crippen molar-refractivity contribution in [2.45, 2.75) is 18.1 Å². The third-order valence-electron chi connectivity index (χ3n) is 2.14. The van der Waals surface area contributed by atoms with Crippen LogP contribution in [0.2, 0.25) is 0 Å². The average Bonchev–Trinajstić information content (AvgIpc) is 2.58. The summed E-state index contributed by atoms with van der Waals surface area (Å²) in [5.41, 5.74) is 7.18. The smallest absolute Gasteiger partial charge is 0.273 e. The van der Waals surface area contributed by atoms with Gasteiger partial charge in [0.15, 0.2) is 9.34 Å². The molecule has 0 atom stereocenters. The first-order chi connectivity index (χ1) is 8.38. The maximum atomic E-state index is 12.1. The number of thiazole rings is 1. The second kappa shape index (κ2) is 4.54. The van der Waals surface area contributed by atoms with Crippen LogP contribution in [0.15, 0.2) is 22.7 Å². The molecule has 0 bridgehead atoms. The molecule has 0 aromatic carbocycles. The van der Waals surface area contributed by atoms with E-state index in [-0.39, 0.29) is 9.34 Å². The van der Waals surface area contributed by atoms with Crippen LogP contribution in [0.25, 0.3) is 0 Å². The number of hydrogen-bond acceptors (Lipinski definition) is 6. The monoisotopic (exact) mass is 284 g/mol. The standard InChI is InChI=1S/C10H12N4O2S2/c1-6-3-8(5-12-4-6)14-18(15,16)9-7(2)13-10(11)17-9/h3-5,14H,1-2H3,(H2,11,13). The molecule has 0 aliphatic heterocycles. The van der Waals surface area contributed by atoms with E-state index in [0.717, 1.165) is 16.9 Å². The van der Waals surface area contributed by atoms with Gasteiger partial charge in [0.2, 0.25) is 0 Å². The summed E-state index contributed by atoms with van der Waals surface area (Å²) >= 11 is 0.941. The molecule has 8 heteroatoms. The highest BCUT2D eigenvalue weighted by atomic mass is 32.2. The van der Waals surface area contributed by atoms with Crippen molar-refractivity contribution >= 4 is 32.2 Å². The Bertz CT molecular complexity index is 679. The van der Waals surface area contributed by atoms with Crippen LogP contribution < -0.4 is 10.5 Å². The summed E-state index contributed by atoms with van der Waals surface area (Å²) in [6.07, 6.45) is 3.10. The largest absolute Gasteiger partial charge is 0.375 e. The lowest BCUT2D eigenvalue weighted by molar-refractivity contribution is 0.602. The molecule has 0 amide bonds. The van der Waals surface area contributed by atoms with E-state index in [9.17, 15) is 8.42 Å². The molecular formula is C10H12N4O2S2. The maximum absolute atomic E-state index is 12.1. The fourth-order valence-corrected chi connectivity index (χ4v) is 3.80. The molecule has 0 saturated heterocycles. The minimum Gasteiger partial charge on any atom is -0.375 e. The average molecular weight is 284 g/mol. The van der Waals surface area contributed by atoms with Crippen molar-refractivity contribution in [1.29, 1.82) is 0 Å². The summed E-state index contributed by atoms with van der Waals surface area (Å²) in [7, 11) is -3.65. The zero-order chi connectivity index (χ0) is 13.3. The summed E-state index contributed by atoms with van der Waals surface area (Å²) in [5, 5.41) is 0.232. The van der Waals surface area contributed by atoms with Gasteiger partial charge in [-0.3, -0.25) is 9.71 Å². The highest BCUT2D eigenvalue weighted by Crippen LogP contribution is 2.26. The van der Waals surface area contributed by atoms with Crippen molar-refractivity contribution in [1.82, 2.24) is 9.97 Å². The zero-order valence-electron chi connectivity index (χ0n) is 9.84. The molecule has 2 aromatic rings. The first-order valence-corrected chi connectivity index (χ1v) is 7.36. The Morgan fingerprint density at radius 3 is 2.61 bits per heavy atom. The molecule has 0 spiro atoms. The normalized spacial score (nSPS) is 11.4. The van der Waals surface area contributed by atoms with Crippen LogP contribution in [0.3, 0.4) is 0 Å². The molecule has 2 rings (SSSR count). The van der Waals surface area contributed by atoms with Crippen molar-refractivity contribution in [3.8, 4) is 0 Å². The Hall–Kier alpha value is -1.67. The number of sulfonamides is 1. The quantitative estimate of drug-likeness (QED) is 0.890. The van der Waals surface area contributed by atoms with Crippen molar-refractivity contribution in [3.05, 3.63) is 29.7 Å². The lowest BCUT2D eigenvalue weighted by atomic mass is 10.3. The number of nitrogens with one attached hydrogen (secondary N) is 1. The van der Waals surface area contributed by atoms with Gasteiger partial charge in [0.05, 0.1) is 17.6 Å². The van der Waals surface area contributed by atoms with E-state index in [2.05, 4.69) is 14.7 Å². The lowest BCUT2D eigenvalue weighted by Crippen LogP contribution is -2.12. The summed E-state index contributed by atoms with van der Waals surface area (Å²) in [6.45, 7) is 3.44. The molecule has 18 heavy (non-hydrogen) atoms. The fourth-order valence-electron chi connectivity index (χ4n) is 1.46. The molecule has 2 heterocycles. The molecule has 0 aliphatic carbocycles.